The molecule has 0 radical (unpaired) electrons. The van der Waals surface area contributed by atoms with Crippen molar-refractivity contribution in [2.24, 2.45) is 0 Å². The largest absolute Gasteiger partial charge is 0.417 e. The Morgan fingerprint density at radius 3 is 2.38 bits per heavy atom. The molecule has 0 aliphatic carbocycles. The lowest BCUT2D eigenvalue weighted by Crippen LogP contribution is -2.55. The quantitative estimate of drug-likeness (QED) is 0.829. The summed E-state index contributed by atoms with van der Waals surface area (Å²) in [6.07, 6.45) is -4.49. The van der Waals surface area contributed by atoms with Crippen LogP contribution in [0.5, 0.6) is 0 Å². The lowest BCUT2D eigenvalue weighted by Gasteiger charge is -2.36. The van der Waals surface area contributed by atoms with Crippen LogP contribution in [0.3, 0.4) is 0 Å². The number of alkyl halides is 3. The standard InChI is InChI=1S/C14H16BrF3N2O/c1-8-6-20(7-9(2)19-8)13(21)10-3-4-12(15)11(5-10)14(16,17)18/h3-5,8-9,19H,6-7H2,1-2H3. The second-order valence-electron chi connectivity index (χ2n) is 5.37. The van der Waals surface area contributed by atoms with Gasteiger partial charge in [-0.25, -0.2) is 0 Å². The maximum atomic E-state index is 12.9. The van der Waals surface area contributed by atoms with Gasteiger partial charge in [0.2, 0.25) is 0 Å². The van der Waals surface area contributed by atoms with E-state index in [1.165, 1.54) is 12.1 Å². The minimum absolute atomic E-state index is 0.0615. The second-order valence-corrected chi connectivity index (χ2v) is 6.23. The number of hydrogen-bond acceptors (Lipinski definition) is 2. The number of rotatable bonds is 1. The third kappa shape index (κ3) is 3.77. The first kappa shape index (κ1) is 16.3. The van der Waals surface area contributed by atoms with Gasteiger partial charge in [0, 0.05) is 35.2 Å². The highest BCUT2D eigenvalue weighted by Crippen LogP contribution is 2.35. The summed E-state index contributed by atoms with van der Waals surface area (Å²) < 4.78 is 38.6. The molecule has 1 aliphatic heterocycles. The average molecular weight is 365 g/mol. The fourth-order valence-electron chi connectivity index (χ4n) is 2.55. The first-order valence-electron chi connectivity index (χ1n) is 6.60. The maximum absolute atomic E-state index is 12.9. The third-order valence-electron chi connectivity index (χ3n) is 3.36. The molecule has 0 bridgehead atoms. The van der Waals surface area contributed by atoms with Gasteiger partial charge in [-0.3, -0.25) is 4.79 Å². The molecule has 1 aromatic rings. The number of piperazine rings is 1. The molecule has 0 spiro atoms. The predicted octanol–water partition coefficient (Wildman–Crippen LogP) is 3.29. The van der Waals surface area contributed by atoms with Gasteiger partial charge in [-0.2, -0.15) is 13.2 Å². The van der Waals surface area contributed by atoms with Crippen molar-refractivity contribution in [1.82, 2.24) is 10.2 Å². The van der Waals surface area contributed by atoms with E-state index in [1.54, 1.807) is 4.90 Å². The smallest absolute Gasteiger partial charge is 0.336 e. The number of halogens is 4. The molecule has 1 saturated heterocycles. The molecule has 7 heteroatoms. The molecule has 3 nitrogen and oxygen atoms in total. The molecule has 1 heterocycles. The fourth-order valence-corrected chi connectivity index (χ4v) is 3.02. The zero-order valence-electron chi connectivity index (χ0n) is 11.7. The molecule has 1 N–H and O–H groups in total. The fraction of sp³-hybridized carbons (Fsp3) is 0.500. The Labute approximate surface area is 129 Å². The molecule has 2 atom stereocenters. The van der Waals surface area contributed by atoms with Gasteiger partial charge in [-0.1, -0.05) is 15.9 Å². The Balaban J connectivity index is 2.27. The zero-order chi connectivity index (χ0) is 15.8. The number of carbonyl (C=O) groups excluding carboxylic acids is 1. The highest BCUT2D eigenvalue weighted by atomic mass is 79.9. The summed E-state index contributed by atoms with van der Waals surface area (Å²) in [7, 11) is 0. The van der Waals surface area contributed by atoms with E-state index in [2.05, 4.69) is 21.2 Å². The minimum atomic E-state index is -4.49. The van der Waals surface area contributed by atoms with E-state index >= 15 is 0 Å². The number of amides is 1. The summed E-state index contributed by atoms with van der Waals surface area (Å²) in [5.41, 5.74) is -0.767. The number of benzene rings is 1. The Morgan fingerprint density at radius 2 is 1.86 bits per heavy atom. The van der Waals surface area contributed by atoms with Gasteiger partial charge in [0.25, 0.3) is 5.91 Å². The molecule has 2 rings (SSSR count). The van der Waals surface area contributed by atoms with Gasteiger partial charge in [-0.15, -0.1) is 0 Å². The van der Waals surface area contributed by atoms with Gasteiger partial charge >= 0.3 is 6.18 Å². The summed E-state index contributed by atoms with van der Waals surface area (Å²) in [4.78, 5) is 14.0. The van der Waals surface area contributed by atoms with Crippen molar-refractivity contribution < 1.29 is 18.0 Å². The van der Waals surface area contributed by atoms with Gasteiger partial charge in [0.1, 0.15) is 0 Å². The highest BCUT2D eigenvalue weighted by molar-refractivity contribution is 9.10. The summed E-state index contributed by atoms with van der Waals surface area (Å²) in [6, 6.07) is 3.83. The van der Waals surface area contributed by atoms with Crippen LogP contribution in [-0.2, 0) is 6.18 Å². The molecule has 0 saturated carbocycles. The first-order valence-corrected chi connectivity index (χ1v) is 7.40. The number of hydrogen-bond donors (Lipinski definition) is 1. The molecule has 1 aliphatic rings. The van der Waals surface area contributed by atoms with Crippen LogP contribution in [0.25, 0.3) is 0 Å². The Hall–Kier alpha value is -1.08. The van der Waals surface area contributed by atoms with E-state index in [4.69, 9.17) is 0 Å². The second kappa shape index (κ2) is 5.96. The highest BCUT2D eigenvalue weighted by Gasteiger charge is 2.34. The predicted molar refractivity (Wildman–Crippen MR) is 77.1 cm³/mol. The van der Waals surface area contributed by atoms with Crippen molar-refractivity contribution in [2.75, 3.05) is 13.1 Å². The van der Waals surface area contributed by atoms with E-state index in [9.17, 15) is 18.0 Å². The van der Waals surface area contributed by atoms with Crippen LogP contribution >= 0.6 is 15.9 Å². The van der Waals surface area contributed by atoms with E-state index < -0.39 is 11.7 Å². The summed E-state index contributed by atoms with van der Waals surface area (Å²) >= 11 is 2.88. The number of nitrogens with one attached hydrogen (secondary N) is 1. The molecular formula is C14H16BrF3N2O. The molecular weight excluding hydrogens is 349 g/mol. The van der Waals surface area contributed by atoms with Crippen molar-refractivity contribution in [3.8, 4) is 0 Å². The summed E-state index contributed by atoms with van der Waals surface area (Å²) in [5.74, 6) is -0.367. The van der Waals surface area contributed by atoms with E-state index in [-0.39, 0.29) is 28.0 Å². The van der Waals surface area contributed by atoms with Crippen LogP contribution in [0.2, 0.25) is 0 Å². The van der Waals surface area contributed by atoms with Crippen LogP contribution in [0.15, 0.2) is 22.7 Å². The molecule has 116 valence electrons. The third-order valence-corrected chi connectivity index (χ3v) is 4.05. The SMILES string of the molecule is CC1CN(C(=O)c2ccc(Br)c(C(F)(F)F)c2)CC(C)N1. The lowest BCUT2D eigenvalue weighted by atomic mass is 10.1. The van der Waals surface area contributed by atoms with Gasteiger partial charge in [0.05, 0.1) is 5.56 Å². The molecule has 1 amide bonds. The Kier molecular flexibility index (Phi) is 4.63. The van der Waals surface area contributed by atoms with Crippen molar-refractivity contribution in [3.63, 3.8) is 0 Å². The summed E-state index contributed by atoms with van der Waals surface area (Å²) in [5, 5.41) is 3.28. The zero-order valence-corrected chi connectivity index (χ0v) is 13.3. The van der Waals surface area contributed by atoms with Gasteiger partial charge in [0.15, 0.2) is 0 Å². The van der Waals surface area contributed by atoms with Crippen LogP contribution in [0.4, 0.5) is 13.2 Å². The molecule has 1 aromatic carbocycles. The van der Waals surface area contributed by atoms with Crippen molar-refractivity contribution in [2.45, 2.75) is 32.1 Å². The normalized spacial score (nSPS) is 23.2. The van der Waals surface area contributed by atoms with Crippen molar-refractivity contribution >= 4 is 21.8 Å². The Bertz CT molecular complexity index is 538. The van der Waals surface area contributed by atoms with Crippen LogP contribution in [-0.4, -0.2) is 36.0 Å². The van der Waals surface area contributed by atoms with E-state index in [0.717, 1.165) is 6.07 Å². The topological polar surface area (TPSA) is 32.3 Å². The number of nitrogens with zero attached hydrogens (tertiary/aromatic N) is 1. The Morgan fingerprint density at radius 1 is 1.29 bits per heavy atom. The van der Waals surface area contributed by atoms with Crippen LogP contribution < -0.4 is 5.32 Å². The molecule has 2 unspecified atom stereocenters. The maximum Gasteiger partial charge on any atom is 0.417 e. The first-order chi connectivity index (χ1) is 9.68. The van der Waals surface area contributed by atoms with Crippen LogP contribution in [0.1, 0.15) is 29.8 Å². The lowest BCUT2D eigenvalue weighted by molar-refractivity contribution is -0.138. The summed E-state index contributed by atoms with van der Waals surface area (Å²) in [6.45, 7) is 4.86. The minimum Gasteiger partial charge on any atom is -0.336 e. The molecule has 1 fully saturated rings. The van der Waals surface area contributed by atoms with Gasteiger partial charge < -0.3 is 10.2 Å². The van der Waals surface area contributed by atoms with Gasteiger partial charge in [-0.05, 0) is 32.0 Å². The average Bonchev–Trinajstić information content (AvgIpc) is 2.36. The molecule has 0 aromatic heterocycles. The van der Waals surface area contributed by atoms with Crippen molar-refractivity contribution in [1.29, 1.82) is 0 Å². The monoisotopic (exact) mass is 364 g/mol. The van der Waals surface area contributed by atoms with E-state index in [0.29, 0.717) is 13.1 Å². The van der Waals surface area contributed by atoms with Crippen LogP contribution in [0, 0.1) is 0 Å². The van der Waals surface area contributed by atoms with E-state index in [1.807, 2.05) is 13.8 Å². The molecule has 21 heavy (non-hydrogen) atoms. The number of carbonyl (C=O) groups is 1. The van der Waals surface area contributed by atoms with Crippen molar-refractivity contribution in [3.05, 3.63) is 33.8 Å².